The van der Waals surface area contributed by atoms with Gasteiger partial charge in [-0.25, -0.2) is 4.99 Å². The van der Waals surface area contributed by atoms with Crippen molar-refractivity contribution in [2.24, 2.45) is 22.4 Å². The number of hydrogen-bond donors (Lipinski definition) is 2. The molecule has 0 radical (unpaired) electrons. The van der Waals surface area contributed by atoms with Gasteiger partial charge in [0.2, 0.25) is 5.91 Å². The van der Waals surface area contributed by atoms with Crippen LogP contribution in [0.1, 0.15) is 38.5 Å². The zero-order valence-electron chi connectivity index (χ0n) is 10.3. The van der Waals surface area contributed by atoms with E-state index in [1.54, 1.807) is 0 Å². The molecule has 1 aliphatic heterocycles. The van der Waals surface area contributed by atoms with Crippen molar-refractivity contribution in [3.63, 3.8) is 0 Å². The summed E-state index contributed by atoms with van der Waals surface area (Å²) in [6.07, 6.45) is 6.65. The summed E-state index contributed by atoms with van der Waals surface area (Å²) in [5, 5.41) is 0. The number of piperidine rings is 1. The van der Waals surface area contributed by atoms with Crippen LogP contribution in [0.15, 0.2) is 4.99 Å². The fraction of sp³-hybridized carbons (Fsp3) is 0.833. The fourth-order valence-corrected chi connectivity index (χ4v) is 2.72. The van der Waals surface area contributed by atoms with Gasteiger partial charge in [-0.15, -0.1) is 0 Å². The molecular formula is C12H22N4O. The molecule has 0 aromatic heterocycles. The van der Waals surface area contributed by atoms with E-state index < -0.39 is 0 Å². The minimum atomic E-state index is -0.219. The van der Waals surface area contributed by atoms with E-state index in [1.807, 2.05) is 4.90 Å². The Bertz CT molecular complexity index is 310. The fourth-order valence-electron chi connectivity index (χ4n) is 2.72. The largest absolute Gasteiger partial charge is 0.370 e. The monoisotopic (exact) mass is 238 g/mol. The van der Waals surface area contributed by atoms with E-state index in [0.29, 0.717) is 18.5 Å². The van der Waals surface area contributed by atoms with E-state index in [-0.39, 0.29) is 11.8 Å². The molecule has 2 aliphatic rings. The lowest BCUT2D eigenvalue weighted by molar-refractivity contribution is -0.122. The summed E-state index contributed by atoms with van der Waals surface area (Å²) >= 11 is 0. The summed E-state index contributed by atoms with van der Waals surface area (Å²) in [4.78, 5) is 17.8. The van der Waals surface area contributed by atoms with Crippen molar-refractivity contribution in [1.82, 2.24) is 4.90 Å². The molecule has 0 aromatic rings. The van der Waals surface area contributed by atoms with Crippen LogP contribution in [0.3, 0.4) is 0 Å². The van der Waals surface area contributed by atoms with Crippen LogP contribution in [0.4, 0.5) is 0 Å². The zero-order chi connectivity index (χ0) is 12.3. The molecule has 0 aromatic carbocycles. The number of amides is 1. The molecule has 1 aliphatic carbocycles. The van der Waals surface area contributed by atoms with E-state index in [9.17, 15) is 4.79 Å². The number of guanidine groups is 1. The first-order valence-electron chi connectivity index (χ1n) is 6.54. The van der Waals surface area contributed by atoms with E-state index in [4.69, 9.17) is 11.5 Å². The first-order valence-corrected chi connectivity index (χ1v) is 6.54. The molecular weight excluding hydrogens is 216 g/mol. The molecule has 4 N–H and O–H groups in total. The van der Waals surface area contributed by atoms with Gasteiger partial charge in [-0.05, 0) is 25.7 Å². The Balaban J connectivity index is 1.93. The number of hydrogen-bond acceptors (Lipinski definition) is 2. The Hall–Kier alpha value is -1.26. The molecule has 2 rings (SSSR count). The summed E-state index contributed by atoms with van der Waals surface area (Å²) in [6.45, 7) is 1.53. The van der Waals surface area contributed by atoms with Crippen molar-refractivity contribution < 1.29 is 4.79 Å². The maximum Gasteiger partial charge on any atom is 0.222 e. The summed E-state index contributed by atoms with van der Waals surface area (Å²) < 4.78 is 0. The Morgan fingerprint density at radius 3 is 2.47 bits per heavy atom. The van der Waals surface area contributed by atoms with Gasteiger partial charge >= 0.3 is 0 Å². The van der Waals surface area contributed by atoms with Gasteiger partial charge in [0, 0.05) is 13.1 Å². The third-order valence-corrected chi connectivity index (χ3v) is 3.79. The highest BCUT2D eigenvalue weighted by Gasteiger charge is 2.25. The molecule has 0 spiro atoms. The van der Waals surface area contributed by atoms with Crippen LogP contribution in [0.25, 0.3) is 0 Å². The molecule has 2 fully saturated rings. The number of rotatable bonds is 2. The summed E-state index contributed by atoms with van der Waals surface area (Å²) in [5.41, 5.74) is 11.4. The summed E-state index contributed by atoms with van der Waals surface area (Å²) in [5.74, 6) is 0.312. The van der Waals surface area contributed by atoms with Crippen LogP contribution in [0.5, 0.6) is 0 Å². The molecule has 5 heteroatoms. The molecule has 1 amide bonds. The predicted octanol–water partition coefficient (Wildman–Crippen LogP) is 0.441. The van der Waals surface area contributed by atoms with Crippen molar-refractivity contribution in [1.29, 1.82) is 0 Å². The minimum absolute atomic E-state index is 0.0684. The second-order valence-corrected chi connectivity index (χ2v) is 5.11. The normalized spacial score (nSPS) is 27.4. The maximum absolute atomic E-state index is 11.2. The lowest BCUT2D eigenvalue weighted by Gasteiger charge is -2.32. The Labute approximate surface area is 102 Å². The summed E-state index contributed by atoms with van der Waals surface area (Å²) in [6, 6.07) is 0.393. The van der Waals surface area contributed by atoms with Gasteiger partial charge in [-0.3, -0.25) is 4.79 Å². The highest BCUT2D eigenvalue weighted by molar-refractivity contribution is 5.81. The van der Waals surface area contributed by atoms with Crippen LogP contribution in [0, 0.1) is 5.92 Å². The van der Waals surface area contributed by atoms with Crippen LogP contribution >= 0.6 is 0 Å². The molecule has 96 valence electrons. The van der Waals surface area contributed by atoms with Gasteiger partial charge in [0.05, 0.1) is 12.0 Å². The quantitative estimate of drug-likeness (QED) is 0.541. The van der Waals surface area contributed by atoms with E-state index in [0.717, 1.165) is 32.2 Å². The SMILES string of the molecule is NC(=O)C1CCCN(C(N)=NC2CCCC2)C1. The number of aliphatic imine (C=N–C) groups is 1. The lowest BCUT2D eigenvalue weighted by Crippen LogP contribution is -2.47. The third-order valence-electron chi connectivity index (χ3n) is 3.79. The van der Waals surface area contributed by atoms with Crippen LogP contribution in [0.2, 0.25) is 0 Å². The van der Waals surface area contributed by atoms with Crippen LogP contribution in [-0.2, 0) is 4.79 Å². The second-order valence-electron chi connectivity index (χ2n) is 5.11. The molecule has 1 saturated heterocycles. The van der Waals surface area contributed by atoms with Crippen LogP contribution in [-0.4, -0.2) is 35.9 Å². The van der Waals surface area contributed by atoms with Crippen molar-refractivity contribution in [3.8, 4) is 0 Å². The summed E-state index contributed by atoms with van der Waals surface area (Å²) in [7, 11) is 0. The standard InChI is InChI=1S/C12H22N4O/c13-11(17)9-4-3-7-16(8-9)12(14)15-10-5-1-2-6-10/h9-10H,1-8H2,(H2,13,17)(H2,14,15). The average Bonchev–Trinajstić information content (AvgIpc) is 2.82. The van der Waals surface area contributed by atoms with Crippen molar-refractivity contribution in [2.75, 3.05) is 13.1 Å². The van der Waals surface area contributed by atoms with Gasteiger partial charge in [0.1, 0.15) is 0 Å². The molecule has 17 heavy (non-hydrogen) atoms. The number of nitrogens with zero attached hydrogens (tertiary/aromatic N) is 2. The van der Waals surface area contributed by atoms with E-state index >= 15 is 0 Å². The predicted molar refractivity (Wildman–Crippen MR) is 67.4 cm³/mol. The molecule has 5 nitrogen and oxygen atoms in total. The number of primary amides is 1. The zero-order valence-corrected chi connectivity index (χ0v) is 10.3. The Morgan fingerprint density at radius 2 is 1.82 bits per heavy atom. The maximum atomic E-state index is 11.2. The van der Waals surface area contributed by atoms with Gasteiger partial charge in [0.15, 0.2) is 5.96 Å². The molecule has 1 unspecified atom stereocenters. The topological polar surface area (TPSA) is 84.7 Å². The number of nitrogens with two attached hydrogens (primary N) is 2. The lowest BCUT2D eigenvalue weighted by atomic mass is 9.98. The number of carbonyl (C=O) groups excluding carboxylic acids is 1. The van der Waals surface area contributed by atoms with Gasteiger partial charge in [-0.2, -0.15) is 0 Å². The van der Waals surface area contributed by atoms with Crippen molar-refractivity contribution in [2.45, 2.75) is 44.6 Å². The van der Waals surface area contributed by atoms with Crippen molar-refractivity contribution >= 4 is 11.9 Å². The highest BCUT2D eigenvalue weighted by Crippen LogP contribution is 2.22. The smallest absolute Gasteiger partial charge is 0.222 e. The van der Waals surface area contributed by atoms with Gasteiger partial charge in [-0.1, -0.05) is 12.8 Å². The first kappa shape index (κ1) is 12.2. The number of carbonyl (C=O) groups is 1. The Kier molecular flexibility index (Phi) is 3.86. The first-order chi connectivity index (χ1) is 8.16. The third kappa shape index (κ3) is 3.11. The van der Waals surface area contributed by atoms with E-state index in [2.05, 4.69) is 4.99 Å². The highest BCUT2D eigenvalue weighted by atomic mass is 16.1. The average molecular weight is 238 g/mol. The minimum Gasteiger partial charge on any atom is -0.370 e. The van der Waals surface area contributed by atoms with Crippen molar-refractivity contribution in [3.05, 3.63) is 0 Å². The van der Waals surface area contributed by atoms with E-state index in [1.165, 1.54) is 12.8 Å². The van der Waals surface area contributed by atoms with Gasteiger partial charge < -0.3 is 16.4 Å². The Morgan fingerprint density at radius 1 is 1.12 bits per heavy atom. The molecule has 1 atom stereocenters. The number of likely N-dealkylation sites (tertiary alicyclic amines) is 1. The molecule has 0 bridgehead atoms. The van der Waals surface area contributed by atoms with Crippen LogP contribution < -0.4 is 11.5 Å². The molecule has 1 saturated carbocycles. The second kappa shape index (κ2) is 5.38. The molecule has 1 heterocycles. The van der Waals surface area contributed by atoms with Gasteiger partial charge in [0.25, 0.3) is 0 Å².